The number of nitrogens with zero attached hydrogens (tertiary/aromatic N) is 2. The van der Waals surface area contributed by atoms with E-state index < -0.39 is 28.1 Å². The van der Waals surface area contributed by atoms with Crippen molar-refractivity contribution in [2.75, 3.05) is 6.54 Å². The van der Waals surface area contributed by atoms with Gasteiger partial charge in [0.1, 0.15) is 24.2 Å². The maximum absolute atomic E-state index is 13.0. The number of carbonyl (C=O) groups is 1. The van der Waals surface area contributed by atoms with Crippen LogP contribution in [0.2, 0.25) is 0 Å². The number of aliphatic hydroxyl groups excluding tert-OH is 1. The number of aromatic nitrogens is 1. The summed E-state index contributed by atoms with van der Waals surface area (Å²) in [6.45, 7) is 3.78. The first kappa shape index (κ1) is 21.2. The van der Waals surface area contributed by atoms with Crippen LogP contribution in [0.25, 0.3) is 0 Å². The Balaban J connectivity index is 1.76. The molecule has 0 spiro atoms. The number of hydroxylamine groups is 1. The molecule has 0 aliphatic carbocycles. The van der Waals surface area contributed by atoms with E-state index in [1.807, 2.05) is 0 Å². The topological polar surface area (TPSA) is 142 Å². The molecule has 158 valence electrons. The van der Waals surface area contributed by atoms with Crippen molar-refractivity contribution in [3.05, 3.63) is 41.3 Å². The molecule has 1 aromatic heterocycles. The van der Waals surface area contributed by atoms with Crippen LogP contribution in [0.3, 0.4) is 0 Å². The standard InChI is InChI=1S/C18H23N3O7S/c1-11-16(12(2)28-20-11)10-27-14-3-5-15(6-4-14)29(25,26)21-8-7-13(22)9-17(21)18(23)19-24/h3-6,13,17,22,24H,7-10H2,1-2H3,(H,19,23)/t13-,17+/m0/s1. The molecule has 2 aromatic rings. The van der Waals surface area contributed by atoms with Gasteiger partial charge in [-0.05, 0) is 51.0 Å². The summed E-state index contributed by atoms with van der Waals surface area (Å²) in [6.07, 6.45) is -0.707. The lowest BCUT2D eigenvalue weighted by molar-refractivity contribution is -0.135. The summed E-state index contributed by atoms with van der Waals surface area (Å²) in [6, 6.07) is 4.62. The monoisotopic (exact) mass is 425 g/mol. The highest BCUT2D eigenvalue weighted by molar-refractivity contribution is 7.89. The first-order valence-electron chi connectivity index (χ1n) is 9.02. The molecule has 1 aliphatic heterocycles. The third kappa shape index (κ3) is 4.42. The van der Waals surface area contributed by atoms with E-state index in [2.05, 4.69) is 5.16 Å². The average Bonchev–Trinajstić information content (AvgIpc) is 3.03. The molecule has 10 nitrogen and oxygen atoms in total. The Bertz CT molecular complexity index is 952. The second-order valence-corrected chi connectivity index (χ2v) is 8.74. The van der Waals surface area contributed by atoms with Gasteiger partial charge in [0.15, 0.2) is 0 Å². The Hall–Kier alpha value is -2.47. The fourth-order valence-electron chi connectivity index (χ4n) is 3.23. The van der Waals surface area contributed by atoms with Crippen LogP contribution in [-0.2, 0) is 21.4 Å². The highest BCUT2D eigenvalue weighted by Crippen LogP contribution is 2.27. The summed E-state index contributed by atoms with van der Waals surface area (Å²) in [4.78, 5) is 11.9. The van der Waals surface area contributed by atoms with Crippen molar-refractivity contribution in [1.29, 1.82) is 0 Å². The van der Waals surface area contributed by atoms with Crippen molar-refractivity contribution in [3.8, 4) is 5.75 Å². The molecule has 3 rings (SSSR count). The van der Waals surface area contributed by atoms with Gasteiger partial charge >= 0.3 is 0 Å². The molecule has 2 heterocycles. The smallest absolute Gasteiger partial charge is 0.261 e. The molecule has 0 saturated carbocycles. The summed E-state index contributed by atoms with van der Waals surface area (Å²) in [5.74, 6) is 0.233. The molecule has 2 atom stereocenters. The van der Waals surface area contributed by atoms with Crippen molar-refractivity contribution >= 4 is 15.9 Å². The van der Waals surface area contributed by atoms with Gasteiger partial charge in [-0.15, -0.1) is 0 Å². The third-order valence-corrected chi connectivity index (χ3v) is 6.86. The Labute approximate surface area is 168 Å². The average molecular weight is 425 g/mol. The largest absolute Gasteiger partial charge is 0.489 e. The molecule has 3 N–H and O–H groups in total. The minimum atomic E-state index is -4.01. The molecular weight excluding hydrogens is 402 g/mol. The number of piperidine rings is 1. The van der Waals surface area contributed by atoms with Crippen LogP contribution in [-0.4, -0.2) is 52.8 Å². The molecule has 1 fully saturated rings. The highest BCUT2D eigenvalue weighted by atomic mass is 32.2. The van der Waals surface area contributed by atoms with E-state index in [1.165, 1.54) is 29.7 Å². The quantitative estimate of drug-likeness (QED) is 0.457. The van der Waals surface area contributed by atoms with Crippen LogP contribution < -0.4 is 10.2 Å². The second-order valence-electron chi connectivity index (χ2n) is 6.85. The van der Waals surface area contributed by atoms with Crippen LogP contribution in [0, 0.1) is 13.8 Å². The third-order valence-electron chi connectivity index (χ3n) is 4.93. The Morgan fingerprint density at radius 3 is 2.62 bits per heavy atom. The van der Waals surface area contributed by atoms with E-state index in [4.69, 9.17) is 14.5 Å². The predicted molar refractivity (Wildman–Crippen MR) is 99.6 cm³/mol. The van der Waals surface area contributed by atoms with Gasteiger partial charge in [-0.2, -0.15) is 4.31 Å². The predicted octanol–water partition coefficient (Wildman–Crippen LogP) is 0.890. The van der Waals surface area contributed by atoms with Gasteiger partial charge in [-0.3, -0.25) is 10.0 Å². The maximum atomic E-state index is 13.0. The van der Waals surface area contributed by atoms with Gasteiger partial charge in [0, 0.05) is 6.54 Å². The molecular formula is C18H23N3O7S. The number of benzene rings is 1. The van der Waals surface area contributed by atoms with Gasteiger partial charge in [-0.25, -0.2) is 13.9 Å². The van der Waals surface area contributed by atoms with Crippen LogP contribution in [0.1, 0.15) is 29.9 Å². The number of hydrogen-bond acceptors (Lipinski definition) is 8. The molecule has 1 amide bonds. The zero-order valence-electron chi connectivity index (χ0n) is 16.0. The number of carbonyl (C=O) groups excluding carboxylic acids is 1. The summed E-state index contributed by atoms with van der Waals surface area (Å²) in [5, 5.41) is 22.5. The van der Waals surface area contributed by atoms with E-state index in [9.17, 15) is 18.3 Å². The number of nitrogens with one attached hydrogen (secondary N) is 1. The Morgan fingerprint density at radius 1 is 1.34 bits per heavy atom. The first-order valence-corrected chi connectivity index (χ1v) is 10.5. The number of aliphatic hydroxyl groups is 1. The van der Waals surface area contributed by atoms with Gasteiger partial charge in [0.25, 0.3) is 5.91 Å². The Morgan fingerprint density at radius 2 is 2.03 bits per heavy atom. The summed E-state index contributed by atoms with van der Waals surface area (Å²) < 4.78 is 37.7. The maximum Gasteiger partial charge on any atom is 0.261 e. The fourth-order valence-corrected chi connectivity index (χ4v) is 4.85. The van der Waals surface area contributed by atoms with Gasteiger partial charge in [0.2, 0.25) is 10.0 Å². The zero-order chi connectivity index (χ0) is 21.2. The van der Waals surface area contributed by atoms with Crippen LogP contribution in [0.5, 0.6) is 5.75 Å². The van der Waals surface area contributed by atoms with Crippen molar-refractivity contribution in [2.45, 2.75) is 50.3 Å². The lowest BCUT2D eigenvalue weighted by atomic mass is 10.0. The normalized spacial score (nSPS) is 20.4. The molecule has 11 heteroatoms. The molecule has 0 unspecified atom stereocenters. The van der Waals surface area contributed by atoms with E-state index >= 15 is 0 Å². The number of sulfonamides is 1. The van der Waals surface area contributed by atoms with Crippen molar-refractivity contribution < 1.29 is 32.8 Å². The lowest BCUT2D eigenvalue weighted by Crippen LogP contribution is -2.54. The first-order chi connectivity index (χ1) is 13.7. The number of aryl methyl sites for hydroxylation is 2. The molecule has 29 heavy (non-hydrogen) atoms. The van der Waals surface area contributed by atoms with Gasteiger partial charge < -0.3 is 14.4 Å². The number of rotatable bonds is 6. The summed E-state index contributed by atoms with van der Waals surface area (Å²) in [5.41, 5.74) is 3.02. The summed E-state index contributed by atoms with van der Waals surface area (Å²) >= 11 is 0. The van der Waals surface area contributed by atoms with Crippen molar-refractivity contribution in [3.63, 3.8) is 0 Å². The molecule has 1 aromatic carbocycles. The SMILES string of the molecule is Cc1noc(C)c1COc1ccc(S(=O)(=O)N2CC[C@H](O)C[C@@H]2C(=O)NO)cc1. The van der Waals surface area contributed by atoms with Crippen molar-refractivity contribution in [2.24, 2.45) is 0 Å². The lowest BCUT2D eigenvalue weighted by Gasteiger charge is -2.35. The van der Waals surface area contributed by atoms with Crippen molar-refractivity contribution in [1.82, 2.24) is 14.9 Å². The van der Waals surface area contributed by atoms with E-state index in [1.54, 1.807) is 13.8 Å². The van der Waals surface area contributed by atoms with E-state index in [0.29, 0.717) is 11.5 Å². The fraction of sp³-hybridized carbons (Fsp3) is 0.444. The molecule has 1 saturated heterocycles. The number of amides is 1. The zero-order valence-corrected chi connectivity index (χ0v) is 16.8. The minimum Gasteiger partial charge on any atom is -0.489 e. The van der Waals surface area contributed by atoms with Gasteiger partial charge in [-0.1, -0.05) is 5.16 Å². The number of ether oxygens (including phenoxy) is 1. The van der Waals surface area contributed by atoms with Crippen LogP contribution >= 0.6 is 0 Å². The van der Waals surface area contributed by atoms with Crippen LogP contribution in [0.15, 0.2) is 33.7 Å². The molecule has 0 radical (unpaired) electrons. The van der Waals surface area contributed by atoms with Crippen LogP contribution in [0.4, 0.5) is 0 Å². The van der Waals surface area contributed by atoms with E-state index in [0.717, 1.165) is 15.6 Å². The van der Waals surface area contributed by atoms with E-state index in [-0.39, 0.29) is 30.9 Å². The second kappa shape index (κ2) is 8.49. The van der Waals surface area contributed by atoms with Gasteiger partial charge in [0.05, 0.1) is 22.3 Å². The molecule has 0 bridgehead atoms. The number of hydrogen-bond donors (Lipinski definition) is 3. The minimum absolute atomic E-state index is 0.0191. The summed E-state index contributed by atoms with van der Waals surface area (Å²) in [7, 11) is -4.01. The highest BCUT2D eigenvalue weighted by Gasteiger charge is 2.40. The molecule has 1 aliphatic rings. The Kier molecular flexibility index (Phi) is 6.22.